The summed E-state index contributed by atoms with van der Waals surface area (Å²) in [4.78, 5) is 24.6. The van der Waals surface area contributed by atoms with E-state index in [4.69, 9.17) is 26.4 Å². The van der Waals surface area contributed by atoms with Crippen LogP contribution in [0.5, 0.6) is 11.5 Å². The van der Waals surface area contributed by atoms with Gasteiger partial charge in [0, 0.05) is 12.2 Å². The summed E-state index contributed by atoms with van der Waals surface area (Å²) in [6.45, 7) is 3.22. The molecule has 3 N–H and O–H groups in total. The molecule has 0 aliphatic heterocycles. The van der Waals surface area contributed by atoms with Crippen molar-refractivity contribution in [1.29, 1.82) is 0 Å². The molecular formula is C20H23N3O5S. The van der Waals surface area contributed by atoms with Crippen molar-refractivity contribution in [3.05, 3.63) is 59.7 Å². The summed E-state index contributed by atoms with van der Waals surface area (Å²) in [5.74, 6) is 0.173. The number of hydrazine groups is 1. The van der Waals surface area contributed by atoms with Crippen molar-refractivity contribution < 1.29 is 23.8 Å². The van der Waals surface area contributed by atoms with Crippen molar-refractivity contribution >= 4 is 29.1 Å². The molecule has 2 aromatic carbocycles. The average molecular weight is 417 g/mol. The molecule has 0 atom stereocenters. The van der Waals surface area contributed by atoms with Crippen LogP contribution in [0.1, 0.15) is 27.6 Å². The number of amides is 2. The summed E-state index contributed by atoms with van der Waals surface area (Å²) in [5, 5.41) is 2.44. The lowest BCUT2D eigenvalue weighted by atomic mass is 10.2. The van der Waals surface area contributed by atoms with Crippen LogP contribution in [0.3, 0.4) is 0 Å². The molecule has 0 spiro atoms. The third kappa shape index (κ3) is 7.05. The van der Waals surface area contributed by atoms with E-state index >= 15 is 0 Å². The number of para-hydroxylation sites is 1. The van der Waals surface area contributed by atoms with E-state index in [9.17, 15) is 9.59 Å². The average Bonchev–Trinajstić information content (AvgIpc) is 2.75. The molecule has 0 heterocycles. The van der Waals surface area contributed by atoms with Gasteiger partial charge in [-0.05, 0) is 55.5 Å². The van der Waals surface area contributed by atoms with Crippen LogP contribution in [0.4, 0.5) is 0 Å². The minimum Gasteiger partial charge on any atom is -0.497 e. The van der Waals surface area contributed by atoms with Gasteiger partial charge in [0.15, 0.2) is 5.11 Å². The lowest BCUT2D eigenvalue weighted by molar-refractivity contribution is 0.0930. The summed E-state index contributed by atoms with van der Waals surface area (Å²) in [6.07, 6.45) is 0. The van der Waals surface area contributed by atoms with Gasteiger partial charge in [-0.3, -0.25) is 25.8 Å². The second kappa shape index (κ2) is 11.6. The number of hydrogen-bond donors (Lipinski definition) is 3. The maximum atomic E-state index is 12.5. The largest absolute Gasteiger partial charge is 0.497 e. The van der Waals surface area contributed by atoms with Gasteiger partial charge in [0.25, 0.3) is 11.8 Å². The first-order valence-corrected chi connectivity index (χ1v) is 9.31. The lowest BCUT2D eigenvalue weighted by Crippen LogP contribution is -2.48. The molecule has 0 unspecified atom stereocenters. The summed E-state index contributed by atoms with van der Waals surface area (Å²) >= 11 is 5.06. The first-order valence-electron chi connectivity index (χ1n) is 8.90. The highest BCUT2D eigenvalue weighted by Crippen LogP contribution is 2.17. The van der Waals surface area contributed by atoms with Crippen molar-refractivity contribution in [2.75, 3.05) is 26.9 Å². The number of hydrogen-bond acceptors (Lipinski definition) is 6. The molecule has 0 aliphatic carbocycles. The molecule has 0 bridgehead atoms. The van der Waals surface area contributed by atoms with Crippen LogP contribution in [0.2, 0.25) is 0 Å². The van der Waals surface area contributed by atoms with Gasteiger partial charge in [-0.15, -0.1) is 0 Å². The topological polar surface area (TPSA) is 97.9 Å². The van der Waals surface area contributed by atoms with E-state index in [-0.39, 0.29) is 5.11 Å². The molecule has 0 aliphatic rings. The molecular weight excluding hydrogens is 394 g/mol. The Morgan fingerprint density at radius 1 is 0.966 bits per heavy atom. The number of nitrogens with one attached hydrogen (secondary N) is 3. The number of ether oxygens (including phenoxy) is 3. The maximum Gasteiger partial charge on any atom is 0.269 e. The second-order valence-electron chi connectivity index (χ2n) is 5.63. The SMILES string of the molecule is CCOCCOc1ccccc1C(=O)NC(=S)NNC(=O)c1ccc(OC)cc1. The van der Waals surface area contributed by atoms with Gasteiger partial charge in [0.05, 0.1) is 19.3 Å². The molecule has 0 saturated heterocycles. The normalized spacial score (nSPS) is 10.0. The Bertz CT molecular complexity index is 842. The van der Waals surface area contributed by atoms with Gasteiger partial charge in [-0.1, -0.05) is 12.1 Å². The Labute approximate surface area is 174 Å². The smallest absolute Gasteiger partial charge is 0.269 e. The Morgan fingerprint density at radius 3 is 2.38 bits per heavy atom. The Balaban J connectivity index is 1.87. The fraction of sp³-hybridized carbons (Fsp3) is 0.250. The van der Waals surface area contributed by atoms with Crippen LogP contribution in [-0.4, -0.2) is 43.9 Å². The number of carbonyl (C=O) groups excluding carboxylic acids is 2. The summed E-state index contributed by atoms with van der Waals surface area (Å²) in [5.41, 5.74) is 5.64. The summed E-state index contributed by atoms with van der Waals surface area (Å²) in [7, 11) is 1.54. The standard InChI is InChI=1S/C20H23N3O5S/c1-3-27-12-13-28-17-7-5-4-6-16(17)19(25)21-20(29)23-22-18(24)14-8-10-15(26-2)11-9-14/h4-11H,3,12-13H2,1-2H3,(H,22,24)(H2,21,23,25,29). The van der Waals surface area contributed by atoms with Crippen LogP contribution < -0.4 is 25.6 Å². The predicted molar refractivity (Wildman–Crippen MR) is 112 cm³/mol. The number of rotatable bonds is 8. The Hall–Kier alpha value is -3.17. The van der Waals surface area contributed by atoms with Gasteiger partial charge in [0.1, 0.15) is 18.1 Å². The number of carbonyl (C=O) groups is 2. The molecule has 0 radical (unpaired) electrons. The molecule has 0 aromatic heterocycles. The number of thiocarbonyl (C=S) groups is 1. The molecule has 2 aromatic rings. The van der Waals surface area contributed by atoms with Crippen LogP contribution in [0.25, 0.3) is 0 Å². The molecule has 0 fully saturated rings. The van der Waals surface area contributed by atoms with Crippen LogP contribution in [0.15, 0.2) is 48.5 Å². The van der Waals surface area contributed by atoms with Crippen molar-refractivity contribution in [2.45, 2.75) is 6.92 Å². The molecule has 29 heavy (non-hydrogen) atoms. The third-order valence-corrected chi connectivity index (χ3v) is 3.89. The first-order chi connectivity index (χ1) is 14.0. The van der Waals surface area contributed by atoms with Gasteiger partial charge < -0.3 is 14.2 Å². The highest BCUT2D eigenvalue weighted by molar-refractivity contribution is 7.80. The quantitative estimate of drug-likeness (QED) is 0.344. The lowest BCUT2D eigenvalue weighted by Gasteiger charge is -2.13. The Kier molecular flexibility index (Phi) is 8.87. The van der Waals surface area contributed by atoms with Crippen molar-refractivity contribution in [1.82, 2.24) is 16.2 Å². The van der Waals surface area contributed by atoms with Gasteiger partial charge >= 0.3 is 0 Å². The molecule has 2 rings (SSSR count). The zero-order valence-electron chi connectivity index (χ0n) is 16.2. The Morgan fingerprint density at radius 2 is 1.69 bits per heavy atom. The van der Waals surface area contributed by atoms with Crippen molar-refractivity contribution in [3.8, 4) is 11.5 Å². The van der Waals surface area contributed by atoms with E-state index in [1.807, 2.05) is 6.92 Å². The number of methoxy groups -OCH3 is 1. The predicted octanol–water partition coefficient (Wildman–Crippen LogP) is 2.06. The van der Waals surface area contributed by atoms with Gasteiger partial charge in [0.2, 0.25) is 0 Å². The second-order valence-corrected chi connectivity index (χ2v) is 6.04. The molecule has 2 amide bonds. The highest BCUT2D eigenvalue weighted by atomic mass is 32.1. The summed E-state index contributed by atoms with van der Waals surface area (Å²) < 4.78 is 15.9. The van der Waals surface area contributed by atoms with E-state index in [1.54, 1.807) is 55.6 Å². The van der Waals surface area contributed by atoms with Gasteiger partial charge in [-0.2, -0.15) is 0 Å². The van der Waals surface area contributed by atoms with Crippen molar-refractivity contribution in [2.24, 2.45) is 0 Å². The van der Waals surface area contributed by atoms with Crippen LogP contribution in [0, 0.1) is 0 Å². The van der Waals surface area contributed by atoms with E-state index in [0.717, 1.165) is 0 Å². The molecule has 154 valence electrons. The highest BCUT2D eigenvalue weighted by Gasteiger charge is 2.14. The van der Waals surface area contributed by atoms with Crippen LogP contribution >= 0.6 is 12.2 Å². The fourth-order valence-corrected chi connectivity index (χ4v) is 2.41. The first kappa shape index (κ1) is 22.1. The van der Waals surface area contributed by atoms with E-state index in [0.29, 0.717) is 42.4 Å². The summed E-state index contributed by atoms with van der Waals surface area (Å²) in [6, 6.07) is 13.3. The van der Waals surface area contributed by atoms with Crippen LogP contribution in [-0.2, 0) is 4.74 Å². The van der Waals surface area contributed by atoms with Crippen molar-refractivity contribution in [3.63, 3.8) is 0 Å². The van der Waals surface area contributed by atoms with Gasteiger partial charge in [-0.25, -0.2) is 0 Å². The van der Waals surface area contributed by atoms with E-state index in [1.165, 1.54) is 0 Å². The number of benzene rings is 2. The minimum absolute atomic E-state index is 0.0546. The third-order valence-electron chi connectivity index (χ3n) is 3.69. The zero-order valence-corrected chi connectivity index (χ0v) is 17.0. The zero-order chi connectivity index (χ0) is 21.1. The van der Waals surface area contributed by atoms with E-state index in [2.05, 4.69) is 16.2 Å². The monoisotopic (exact) mass is 417 g/mol. The molecule has 8 nitrogen and oxygen atoms in total. The maximum absolute atomic E-state index is 12.5. The molecule has 0 saturated carbocycles. The van der Waals surface area contributed by atoms with E-state index < -0.39 is 11.8 Å². The fourth-order valence-electron chi connectivity index (χ4n) is 2.26. The minimum atomic E-state index is -0.465. The molecule has 9 heteroatoms.